The van der Waals surface area contributed by atoms with Crippen LogP contribution in [0.25, 0.3) is 0 Å². The average Bonchev–Trinajstić information content (AvgIpc) is 2.83. The third kappa shape index (κ3) is 9.54. The highest BCUT2D eigenvalue weighted by molar-refractivity contribution is 7.91. The van der Waals surface area contributed by atoms with E-state index in [4.69, 9.17) is 9.47 Å². The third-order valence-corrected chi connectivity index (χ3v) is 7.72. The predicted octanol–water partition coefficient (Wildman–Crippen LogP) is 4.58. The maximum atomic E-state index is 12.9. The van der Waals surface area contributed by atoms with Crippen LogP contribution in [0.2, 0.25) is 0 Å². The Hall–Kier alpha value is -2.24. The van der Waals surface area contributed by atoms with Crippen LogP contribution in [0.3, 0.4) is 0 Å². The molecule has 9 nitrogen and oxygen atoms in total. The number of hydrogen-bond donors (Lipinski definition) is 2. The molecule has 1 amide bonds. The minimum Gasteiger partial charge on any atom is -0.497 e. The number of carbonyl (C=O) groups is 1. The normalized spacial score (nSPS) is 18.2. The Morgan fingerprint density at radius 2 is 1.78 bits per heavy atom. The van der Waals surface area contributed by atoms with Crippen LogP contribution in [-0.4, -0.2) is 49.5 Å². The van der Waals surface area contributed by atoms with Gasteiger partial charge in [-0.15, -0.1) is 12.4 Å². The van der Waals surface area contributed by atoms with Crippen molar-refractivity contribution in [3.63, 3.8) is 0 Å². The fourth-order valence-corrected chi connectivity index (χ4v) is 5.35. The van der Waals surface area contributed by atoms with Gasteiger partial charge in [0.2, 0.25) is 15.7 Å². The van der Waals surface area contributed by atoms with E-state index in [-0.39, 0.29) is 52.2 Å². The summed E-state index contributed by atoms with van der Waals surface area (Å²) in [4.78, 5) is 16.5. The Morgan fingerprint density at radius 1 is 1.14 bits per heavy atom. The van der Waals surface area contributed by atoms with Gasteiger partial charge in [0.25, 0.3) is 0 Å². The molecule has 1 heterocycles. The molecule has 2 N–H and O–H groups in total. The molecular formula is C26H38ClN3O6S. The number of rotatable bonds is 10. The molecule has 37 heavy (non-hydrogen) atoms. The summed E-state index contributed by atoms with van der Waals surface area (Å²) in [5.74, 6) is 0.510. The summed E-state index contributed by atoms with van der Waals surface area (Å²) in [5.41, 5.74) is 3.09. The second-order valence-electron chi connectivity index (χ2n) is 10.5. The largest absolute Gasteiger partial charge is 0.497 e. The molecule has 0 aliphatic heterocycles. The Morgan fingerprint density at radius 3 is 2.38 bits per heavy atom. The quantitative estimate of drug-likeness (QED) is 0.409. The molecule has 11 heteroatoms. The van der Waals surface area contributed by atoms with E-state index < -0.39 is 9.84 Å². The first-order valence-electron chi connectivity index (χ1n) is 12.2. The first kappa shape index (κ1) is 31.0. The maximum absolute atomic E-state index is 12.9. The number of methoxy groups -OCH3 is 1. The molecule has 0 atom stereocenters. The summed E-state index contributed by atoms with van der Waals surface area (Å²) in [6.45, 7) is 7.08. The van der Waals surface area contributed by atoms with Gasteiger partial charge in [-0.1, -0.05) is 25.9 Å². The predicted molar refractivity (Wildman–Crippen MR) is 141 cm³/mol. The van der Waals surface area contributed by atoms with Gasteiger partial charge in [-0.2, -0.15) is 0 Å². The average molecular weight is 556 g/mol. The van der Waals surface area contributed by atoms with Crippen LogP contribution in [0.1, 0.15) is 58.4 Å². The van der Waals surface area contributed by atoms with Crippen LogP contribution in [-0.2, 0) is 25.9 Å². The van der Waals surface area contributed by atoms with Crippen molar-refractivity contribution in [1.82, 2.24) is 15.6 Å². The molecule has 0 bridgehead atoms. The van der Waals surface area contributed by atoms with Gasteiger partial charge in [0, 0.05) is 12.6 Å². The highest BCUT2D eigenvalue weighted by Crippen LogP contribution is 2.30. The number of hydrazine groups is 1. The highest BCUT2D eigenvalue weighted by Gasteiger charge is 2.25. The number of carbonyl (C=O) groups excluding carboxylic acids is 1. The van der Waals surface area contributed by atoms with Crippen LogP contribution in [0.5, 0.6) is 5.75 Å². The topological polar surface area (TPSA) is 118 Å². The number of hydroxylamine groups is 1. The third-order valence-electron chi connectivity index (χ3n) is 6.05. The SMILES string of the molecule is COc1ccc(S(=O)(=O)c2cc(CN(O)NC(=O)CC3CCC(OCC(C)(C)C)CC3)ccn2)cc1.Cl. The van der Waals surface area contributed by atoms with Gasteiger partial charge in [-0.3, -0.25) is 15.4 Å². The van der Waals surface area contributed by atoms with Crippen molar-refractivity contribution in [2.45, 2.75) is 75.4 Å². The van der Waals surface area contributed by atoms with Gasteiger partial charge in [-0.05, 0) is 79.0 Å². The smallest absolute Gasteiger partial charge is 0.236 e. The number of aromatic nitrogens is 1. The van der Waals surface area contributed by atoms with Gasteiger partial charge >= 0.3 is 0 Å². The Balaban J connectivity index is 0.00000481. The van der Waals surface area contributed by atoms with E-state index in [2.05, 4.69) is 31.2 Å². The van der Waals surface area contributed by atoms with Crippen molar-refractivity contribution in [1.29, 1.82) is 0 Å². The number of benzene rings is 1. The molecule has 1 aromatic heterocycles. The number of ether oxygens (including phenoxy) is 2. The van der Waals surface area contributed by atoms with Crippen LogP contribution in [0.15, 0.2) is 52.5 Å². The Labute approximate surface area is 225 Å². The summed E-state index contributed by atoms with van der Waals surface area (Å²) in [7, 11) is -2.34. The Kier molecular flexibility index (Phi) is 11.3. The minimum absolute atomic E-state index is 0. The monoisotopic (exact) mass is 555 g/mol. The van der Waals surface area contributed by atoms with Crippen molar-refractivity contribution in [2.75, 3.05) is 13.7 Å². The lowest BCUT2D eigenvalue weighted by Gasteiger charge is -2.30. The van der Waals surface area contributed by atoms with E-state index in [0.29, 0.717) is 22.9 Å². The zero-order valence-corrected chi connectivity index (χ0v) is 23.5. The zero-order chi connectivity index (χ0) is 26.3. The highest BCUT2D eigenvalue weighted by atomic mass is 35.5. The lowest BCUT2D eigenvalue weighted by molar-refractivity contribution is -0.166. The van der Waals surface area contributed by atoms with Crippen molar-refractivity contribution in [3.8, 4) is 5.75 Å². The molecule has 0 radical (unpaired) electrons. The number of nitrogens with zero attached hydrogens (tertiary/aromatic N) is 2. The van der Waals surface area contributed by atoms with Crippen molar-refractivity contribution in [3.05, 3.63) is 48.2 Å². The lowest BCUT2D eigenvalue weighted by Crippen LogP contribution is -2.40. The van der Waals surface area contributed by atoms with E-state index in [9.17, 15) is 18.4 Å². The molecule has 1 saturated carbocycles. The maximum Gasteiger partial charge on any atom is 0.236 e. The molecule has 0 saturated heterocycles. The van der Waals surface area contributed by atoms with Crippen LogP contribution >= 0.6 is 12.4 Å². The van der Waals surface area contributed by atoms with Gasteiger partial charge in [0.05, 0.1) is 31.3 Å². The van der Waals surface area contributed by atoms with E-state index in [1.165, 1.54) is 31.5 Å². The van der Waals surface area contributed by atoms with Crippen LogP contribution in [0, 0.1) is 11.3 Å². The minimum atomic E-state index is -3.85. The second-order valence-corrected chi connectivity index (χ2v) is 12.4. The second kappa shape index (κ2) is 13.5. The fourth-order valence-electron chi connectivity index (χ4n) is 4.11. The number of amides is 1. The number of nitrogens with one attached hydrogen (secondary N) is 1. The molecule has 1 fully saturated rings. The summed E-state index contributed by atoms with van der Waals surface area (Å²) in [5, 5.41) is 10.8. The van der Waals surface area contributed by atoms with Gasteiger partial charge in [0.1, 0.15) is 5.75 Å². The molecule has 1 aliphatic carbocycles. The first-order valence-corrected chi connectivity index (χ1v) is 13.7. The number of hydrogen-bond acceptors (Lipinski definition) is 8. The number of halogens is 1. The zero-order valence-electron chi connectivity index (χ0n) is 21.8. The molecule has 0 unspecified atom stereocenters. The standard InChI is InChI=1S/C26H37N3O6S.ClH/c1-26(2,3)18-35-22-7-5-19(6-8-22)15-24(30)28-29(31)17-20-13-14-27-25(16-20)36(32,33)23-11-9-21(34-4)10-12-23;/h9-14,16,19,22,31H,5-8,15,17-18H2,1-4H3,(H,28,30);1H. The summed E-state index contributed by atoms with van der Waals surface area (Å²) >= 11 is 0. The van der Waals surface area contributed by atoms with E-state index in [1.807, 2.05) is 0 Å². The summed E-state index contributed by atoms with van der Waals surface area (Å²) in [6.07, 6.45) is 5.60. The summed E-state index contributed by atoms with van der Waals surface area (Å²) < 4.78 is 36.9. The van der Waals surface area contributed by atoms with Gasteiger partial charge in [0.15, 0.2) is 5.03 Å². The van der Waals surface area contributed by atoms with Crippen molar-refractivity contribution < 1.29 is 27.9 Å². The molecular weight excluding hydrogens is 518 g/mol. The first-order chi connectivity index (χ1) is 17.0. The van der Waals surface area contributed by atoms with E-state index >= 15 is 0 Å². The molecule has 1 aliphatic rings. The van der Waals surface area contributed by atoms with Crippen molar-refractivity contribution >= 4 is 28.2 Å². The molecule has 0 spiro atoms. The van der Waals surface area contributed by atoms with E-state index in [1.54, 1.807) is 18.2 Å². The van der Waals surface area contributed by atoms with Gasteiger partial charge in [-0.25, -0.2) is 13.4 Å². The number of sulfone groups is 1. The van der Waals surface area contributed by atoms with Crippen molar-refractivity contribution in [2.24, 2.45) is 11.3 Å². The molecule has 3 rings (SSSR count). The summed E-state index contributed by atoms with van der Waals surface area (Å²) in [6, 6.07) is 8.99. The van der Waals surface area contributed by atoms with Crippen LogP contribution < -0.4 is 10.2 Å². The van der Waals surface area contributed by atoms with Gasteiger partial charge < -0.3 is 9.47 Å². The molecule has 206 valence electrons. The van der Waals surface area contributed by atoms with Crippen LogP contribution in [0.4, 0.5) is 0 Å². The molecule has 1 aromatic carbocycles. The fraction of sp³-hybridized carbons (Fsp3) is 0.538. The lowest BCUT2D eigenvalue weighted by atomic mass is 9.85. The Bertz CT molecular complexity index is 1110. The van der Waals surface area contributed by atoms with E-state index in [0.717, 1.165) is 32.3 Å². The number of pyridine rings is 1. The molecule has 2 aromatic rings.